The molecule has 4 heteroatoms. The van der Waals surface area contributed by atoms with Crippen LogP contribution < -0.4 is 10.1 Å². The van der Waals surface area contributed by atoms with Gasteiger partial charge in [0.05, 0.1) is 10.5 Å². The molecule has 26 heavy (non-hydrogen) atoms. The Morgan fingerprint density at radius 2 is 1.92 bits per heavy atom. The zero-order valence-electron chi connectivity index (χ0n) is 15.5. The molecular weight excluding hydrogens is 390 g/mol. The fourth-order valence-corrected chi connectivity index (χ4v) is 3.95. The van der Waals surface area contributed by atoms with Gasteiger partial charge in [-0.3, -0.25) is 4.79 Å². The van der Waals surface area contributed by atoms with Crippen LogP contribution in [0.25, 0.3) is 0 Å². The highest BCUT2D eigenvalue weighted by atomic mass is 79.9. The summed E-state index contributed by atoms with van der Waals surface area (Å²) in [6.07, 6.45) is 5.84. The molecule has 0 aromatic heterocycles. The van der Waals surface area contributed by atoms with Crippen molar-refractivity contribution in [3.8, 4) is 5.75 Å². The van der Waals surface area contributed by atoms with E-state index in [1.54, 1.807) is 0 Å². The van der Waals surface area contributed by atoms with E-state index in [2.05, 4.69) is 46.4 Å². The van der Waals surface area contributed by atoms with Crippen LogP contribution in [0.3, 0.4) is 0 Å². The van der Waals surface area contributed by atoms with E-state index >= 15 is 0 Å². The number of hydrogen-bond donors (Lipinski definition) is 1. The standard InChI is InChI=1S/C22H26BrNO2/c1-3-16-8-11-21(20(23)12-16)26-14-22(25)24-15(2)18-10-9-17-6-4-5-7-19(17)13-18/h8-13,15H,3-7,14H2,1-2H3,(H,24,25)/t15-/m1/s1. The Morgan fingerprint density at radius 3 is 2.65 bits per heavy atom. The second kappa shape index (κ2) is 8.72. The first kappa shape index (κ1) is 19.0. The molecule has 1 aliphatic rings. The molecule has 1 N–H and O–H groups in total. The first-order chi connectivity index (χ1) is 12.6. The van der Waals surface area contributed by atoms with E-state index in [1.165, 1.54) is 36.0 Å². The van der Waals surface area contributed by atoms with Gasteiger partial charge >= 0.3 is 0 Å². The van der Waals surface area contributed by atoms with Gasteiger partial charge in [0.1, 0.15) is 5.75 Å². The summed E-state index contributed by atoms with van der Waals surface area (Å²) in [4.78, 5) is 12.3. The van der Waals surface area contributed by atoms with Crippen LogP contribution in [0.2, 0.25) is 0 Å². The maximum atomic E-state index is 12.3. The third-order valence-corrected chi connectivity index (χ3v) is 5.63. The van der Waals surface area contributed by atoms with Gasteiger partial charge in [-0.25, -0.2) is 0 Å². The lowest BCUT2D eigenvalue weighted by molar-refractivity contribution is -0.123. The molecule has 0 spiro atoms. The van der Waals surface area contributed by atoms with Crippen molar-refractivity contribution in [1.29, 1.82) is 0 Å². The summed E-state index contributed by atoms with van der Waals surface area (Å²) >= 11 is 3.50. The van der Waals surface area contributed by atoms with Crippen molar-refractivity contribution >= 4 is 21.8 Å². The summed E-state index contributed by atoms with van der Waals surface area (Å²) in [6.45, 7) is 4.14. The second-order valence-corrected chi connectivity index (χ2v) is 7.79. The fraction of sp³-hybridized carbons (Fsp3) is 0.409. The van der Waals surface area contributed by atoms with Crippen molar-refractivity contribution in [3.05, 3.63) is 63.1 Å². The summed E-state index contributed by atoms with van der Waals surface area (Å²) in [5.74, 6) is 0.584. The highest BCUT2D eigenvalue weighted by Gasteiger charge is 2.14. The number of rotatable bonds is 6. The van der Waals surface area contributed by atoms with Crippen LogP contribution in [0.15, 0.2) is 40.9 Å². The topological polar surface area (TPSA) is 38.3 Å². The minimum atomic E-state index is -0.110. The largest absolute Gasteiger partial charge is 0.483 e. The summed E-state index contributed by atoms with van der Waals surface area (Å²) in [6, 6.07) is 12.5. The lowest BCUT2D eigenvalue weighted by Gasteiger charge is -2.20. The van der Waals surface area contributed by atoms with E-state index in [9.17, 15) is 4.79 Å². The molecule has 0 heterocycles. The zero-order chi connectivity index (χ0) is 18.5. The molecule has 0 unspecified atom stereocenters. The molecule has 0 radical (unpaired) electrons. The molecule has 0 aliphatic heterocycles. The Morgan fingerprint density at radius 1 is 1.15 bits per heavy atom. The fourth-order valence-electron chi connectivity index (χ4n) is 3.41. The average molecular weight is 416 g/mol. The van der Waals surface area contributed by atoms with Gasteiger partial charge in [-0.2, -0.15) is 0 Å². The van der Waals surface area contributed by atoms with Crippen molar-refractivity contribution in [2.45, 2.75) is 52.0 Å². The summed E-state index contributed by atoms with van der Waals surface area (Å²) < 4.78 is 6.55. The first-order valence-electron chi connectivity index (χ1n) is 9.39. The number of halogens is 1. The van der Waals surface area contributed by atoms with Crippen molar-refractivity contribution < 1.29 is 9.53 Å². The minimum Gasteiger partial charge on any atom is -0.483 e. The van der Waals surface area contributed by atoms with E-state index < -0.39 is 0 Å². The van der Waals surface area contributed by atoms with Crippen LogP contribution in [0, 0.1) is 0 Å². The molecule has 2 aromatic rings. The maximum absolute atomic E-state index is 12.3. The van der Waals surface area contributed by atoms with Gasteiger partial charge < -0.3 is 10.1 Å². The second-order valence-electron chi connectivity index (χ2n) is 6.93. The molecule has 1 atom stereocenters. The molecule has 0 bridgehead atoms. The number of hydrogen-bond acceptors (Lipinski definition) is 2. The predicted octanol–water partition coefficient (Wildman–Crippen LogP) is 5.15. The van der Waals surface area contributed by atoms with E-state index in [1.807, 2.05) is 25.1 Å². The molecular formula is C22H26BrNO2. The Bertz CT molecular complexity index is 788. The highest BCUT2D eigenvalue weighted by molar-refractivity contribution is 9.10. The third kappa shape index (κ3) is 4.67. The average Bonchev–Trinajstić information content (AvgIpc) is 2.66. The Labute approximate surface area is 164 Å². The van der Waals surface area contributed by atoms with Crippen LogP contribution in [0.4, 0.5) is 0 Å². The number of fused-ring (bicyclic) bond motifs is 1. The van der Waals surface area contributed by atoms with E-state index in [-0.39, 0.29) is 18.6 Å². The van der Waals surface area contributed by atoms with Gasteiger partial charge in [0.15, 0.2) is 6.61 Å². The van der Waals surface area contributed by atoms with Gasteiger partial charge in [-0.05, 0) is 89.3 Å². The zero-order valence-corrected chi connectivity index (χ0v) is 17.1. The monoisotopic (exact) mass is 415 g/mol. The van der Waals surface area contributed by atoms with E-state index in [4.69, 9.17) is 4.74 Å². The van der Waals surface area contributed by atoms with Crippen LogP contribution >= 0.6 is 15.9 Å². The Kier molecular flexibility index (Phi) is 6.36. The van der Waals surface area contributed by atoms with Crippen molar-refractivity contribution in [2.75, 3.05) is 6.61 Å². The number of aryl methyl sites for hydroxylation is 3. The molecule has 1 aliphatic carbocycles. The minimum absolute atomic E-state index is 0.0132. The number of benzene rings is 2. The van der Waals surface area contributed by atoms with Crippen LogP contribution in [0.5, 0.6) is 5.75 Å². The van der Waals surface area contributed by atoms with Gasteiger partial charge in [0.25, 0.3) is 5.91 Å². The first-order valence-corrected chi connectivity index (χ1v) is 10.2. The number of nitrogens with one attached hydrogen (secondary N) is 1. The predicted molar refractivity (Wildman–Crippen MR) is 109 cm³/mol. The summed E-state index contributed by atoms with van der Waals surface area (Å²) in [5, 5.41) is 3.04. The highest BCUT2D eigenvalue weighted by Crippen LogP contribution is 2.27. The lowest BCUT2D eigenvalue weighted by atomic mass is 9.89. The quantitative estimate of drug-likeness (QED) is 0.708. The van der Waals surface area contributed by atoms with Gasteiger partial charge in [-0.1, -0.05) is 31.2 Å². The van der Waals surface area contributed by atoms with Crippen molar-refractivity contribution in [2.24, 2.45) is 0 Å². The summed E-state index contributed by atoms with van der Waals surface area (Å²) in [5.41, 5.74) is 5.29. The van der Waals surface area contributed by atoms with Crippen LogP contribution in [0.1, 0.15) is 55.0 Å². The lowest BCUT2D eigenvalue weighted by Crippen LogP contribution is -2.31. The maximum Gasteiger partial charge on any atom is 0.258 e. The molecule has 0 fully saturated rings. The summed E-state index contributed by atoms with van der Waals surface area (Å²) in [7, 11) is 0. The smallest absolute Gasteiger partial charge is 0.258 e. The van der Waals surface area contributed by atoms with Crippen LogP contribution in [-0.4, -0.2) is 12.5 Å². The van der Waals surface area contributed by atoms with Crippen LogP contribution in [-0.2, 0) is 24.1 Å². The molecule has 138 valence electrons. The van der Waals surface area contributed by atoms with Gasteiger partial charge in [0.2, 0.25) is 0 Å². The SMILES string of the molecule is CCc1ccc(OCC(=O)N[C@H](C)c2ccc3c(c2)CCCC3)c(Br)c1. The van der Waals surface area contributed by atoms with E-state index in [0.717, 1.165) is 22.9 Å². The molecule has 0 saturated heterocycles. The molecule has 0 saturated carbocycles. The Hall–Kier alpha value is -1.81. The molecule has 3 rings (SSSR count). The molecule has 3 nitrogen and oxygen atoms in total. The number of amides is 1. The van der Waals surface area contributed by atoms with E-state index in [0.29, 0.717) is 5.75 Å². The van der Waals surface area contributed by atoms with Gasteiger partial charge in [0, 0.05) is 0 Å². The Balaban J connectivity index is 1.56. The molecule has 1 amide bonds. The number of ether oxygens (including phenoxy) is 1. The number of carbonyl (C=O) groups excluding carboxylic acids is 1. The van der Waals surface area contributed by atoms with Gasteiger partial charge in [-0.15, -0.1) is 0 Å². The molecule has 2 aromatic carbocycles. The van der Waals surface area contributed by atoms with Crippen molar-refractivity contribution in [1.82, 2.24) is 5.32 Å². The third-order valence-electron chi connectivity index (χ3n) is 5.01. The normalized spacial score (nSPS) is 14.4. The number of carbonyl (C=O) groups is 1. The van der Waals surface area contributed by atoms with Crippen molar-refractivity contribution in [3.63, 3.8) is 0 Å².